The molecule has 4 nitrogen and oxygen atoms in total. The molecule has 102 valence electrons. The Hall–Kier alpha value is -1.83. The van der Waals surface area contributed by atoms with Crippen molar-refractivity contribution in [2.24, 2.45) is 5.41 Å². The largest absolute Gasteiger partial charge is 0.379 e. The van der Waals surface area contributed by atoms with Gasteiger partial charge in [0.2, 0.25) is 0 Å². The highest BCUT2D eigenvalue weighted by molar-refractivity contribution is 5.86. The molecule has 0 spiro atoms. The lowest BCUT2D eigenvalue weighted by molar-refractivity contribution is -0.201. The molecule has 2 fully saturated rings. The van der Waals surface area contributed by atoms with Crippen molar-refractivity contribution in [3.63, 3.8) is 0 Å². The maximum Gasteiger partial charge on any atom is 0.118 e. The van der Waals surface area contributed by atoms with E-state index in [1.165, 1.54) is 10.9 Å². The number of ether oxygens (including phenoxy) is 2. The summed E-state index contributed by atoms with van der Waals surface area (Å²) in [6.07, 6.45) is 0. The second-order valence-electron chi connectivity index (χ2n) is 5.93. The maximum absolute atomic E-state index is 9.70. The predicted molar refractivity (Wildman–Crippen MR) is 74.4 cm³/mol. The van der Waals surface area contributed by atoms with Crippen LogP contribution in [0, 0.1) is 23.7 Å². The van der Waals surface area contributed by atoms with Crippen molar-refractivity contribution in [3.8, 4) is 6.07 Å². The van der Waals surface area contributed by atoms with Crippen LogP contribution in [-0.2, 0) is 14.9 Å². The van der Waals surface area contributed by atoms with Gasteiger partial charge in [0.25, 0.3) is 0 Å². The van der Waals surface area contributed by atoms with Crippen LogP contribution in [0.4, 0.5) is 0 Å². The lowest BCUT2D eigenvalue weighted by Gasteiger charge is -2.55. The van der Waals surface area contributed by atoms with Crippen molar-refractivity contribution in [1.29, 1.82) is 5.26 Å². The third-order valence-corrected chi connectivity index (χ3v) is 4.90. The number of para-hydroxylation sites is 1. The van der Waals surface area contributed by atoms with E-state index in [-0.39, 0.29) is 5.41 Å². The van der Waals surface area contributed by atoms with Crippen LogP contribution in [0.25, 0.3) is 10.9 Å². The number of nitrogens with zero attached hydrogens (tertiary/aromatic N) is 1. The number of aromatic amines is 1. The molecule has 2 aromatic rings. The minimum Gasteiger partial charge on any atom is -0.379 e. The fourth-order valence-corrected chi connectivity index (χ4v) is 3.61. The first kappa shape index (κ1) is 12.0. The van der Waals surface area contributed by atoms with Gasteiger partial charge in [0.1, 0.15) is 5.41 Å². The Morgan fingerprint density at radius 3 is 2.40 bits per heavy atom. The van der Waals surface area contributed by atoms with Crippen molar-refractivity contribution in [2.45, 2.75) is 12.3 Å². The average Bonchev–Trinajstić information content (AvgIpc) is 2.68. The van der Waals surface area contributed by atoms with E-state index in [2.05, 4.69) is 30.1 Å². The van der Waals surface area contributed by atoms with Crippen LogP contribution >= 0.6 is 0 Å². The number of benzene rings is 1. The first-order valence-electron chi connectivity index (χ1n) is 6.87. The van der Waals surface area contributed by atoms with Crippen LogP contribution in [0.3, 0.4) is 0 Å². The number of aromatic nitrogens is 1. The standard InChI is InChI=1S/C16H16N2O2/c1-11-14(12-4-2-3-5-13(12)18-11)16(9-20-10-16)15(6-17)7-19-8-15/h2-5,18H,7-10H2,1H3. The number of nitriles is 1. The molecule has 2 aliphatic heterocycles. The second kappa shape index (κ2) is 3.85. The number of nitrogens with one attached hydrogen (secondary N) is 1. The van der Waals surface area contributed by atoms with E-state index < -0.39 is 5.41 Å². The highest BCUT2D eigenvalue weighted by atomic mass is 16.5. The summed E-state index contributed by atoms with van der Waals surface area (Å²) in [5.74, 6) is 0. The zero-order chi connectivity index (χ0) is 13.8. The fourth-order valence-electron chi connectivity index (χ4n) is 3.61. The minimum absolute atomic E-state index is 0.232. The Kier molecular flexibility index (Phi) is 2.30. The third-order valence-electron chi connectivity index (χ3n) is 4.90. The van der Waals surface area contributed by atoms with Gasteiger partial charge in [0, 0.05) is 16.6 Å². The third kappa shape index (κ3) is 1.22. The molecule has 20 heavy (non-hydrogen) atoms. The van der Waals surface area contributed by atoms with Gasteiger partial charge in [-0.05, 0) is 18.6 Å². The Labute approximate surface area is 117 Å². The van der Waals surface area contributed by atoms with Gasteiger partial charge in [-0.15, -0.1) is 0 Å². The van der Waals surface area contributed by atoms with Crippen LogP contribution in [0.5, 0.6) is 0 Å². The molecule has 0 aliphatic carbocycles. The van der Waals surface area contributed by atoms with Gasteiger partial charge >= 0.3 is 0 Å². The molecule has 2 saturated heterocycles. The summed E-state index contributed by atoms with van der Waals surface area (Å²) in [7, 11) is 0. The van der Waals surface area contributed by atoms with Gasteiger partial charge in [0.15, 0.2) is 0 Å². The normalized spacial score (nSPS) is 22.8. The van der Waals surface area contributed by atoms with E-state index in [9.17, 15) is 5.26 Å². The van der Waals surface area contributed by atoms with Gasteiger partial charge in [-0.3, -0.25) is 0 Å². The summed E-state index contributed by atoms with van der Waals surface area (Å²) in [4.78, 5) is 3.44. The molecule has 3 heterocycles. The van der Waals surface area contributed by atoms with Gasteiger partial charge in [0.05, 0.1) is 37.9 Å². The lowest BCUT2D eigenvalue weighted by atomic mass is 9.57. The molecular formula is C16H16N2O2. The summed E-state index contributed by atoms with van der Waals surface area (Å²) in [6, 6.07) is 10.8. The monoisotopic (exact) mass is 268 g/mol. The molecule has 0 atom stereocenters. The summed E-state index contributed by atoms with van der Waals surface area (Å²) >= 11 is 0. The Morgan fingerprint density at radius 2 is 1.85 bits per heavy atom. The molecule has 0 saturated carbocycles. The fraction of sp³-hybridized carbons (Fsp3) is 0.438. The van der Waals surface area contributed by atoms with Crippen LogP contribution < -0.4 is 0 Å². The SMILES string of the molecule is Cc1[nH]c2ccccc2c1C1(C2(C#N)COC2)COC1. The van der Waals surface area contributed by atoms with Crippen molar-refractivity contribution in [2.75, 3.05) is 26.4 Å². The zero-order valence-corrected chi connectivity index (χ0v) is 11.4. The smallest absolute Gasteiger partial charge is 0.118 e. The minimum atomic E-state index is -0.443. The van der Waals surface area contributed by atoms with Crippen LogP contribution in [0.1, 0.15) is 11.3 Å². The van der Waals surface area contributed by atoms with E-state index in [1.807, 2.05) is 12.1 Å². The lowest BCUT2D eigenvalue weighted by Crippen LogP contribution is -2.66. The van der Waals surface area contributed by atoms with Crippen molar-refractivity contribution in [1.82, 2.24) is 4.98 Å². The van der Waals surface area contributed by atoms with Crippen LogP contribution in [0.2, 0.25) is 0 Å². The van der Waals surface area contributed by atoms with Crippen LogP contribution in [-0.4, -0.2) is 31.4 Å². The highest BCUT2D eigenvalue weighted by Crippen LogP contribution is 2.53. The topological polar surface area (TPSA) is 58.0 Å². The molecule has 0 unspecified atom stereocenters. The first-order chi connectivity index (χ1) is 9.72. The van der Waals surface area contributed by atoms with E-state index in [0.29, 0.717) is 26.4 Å². The van der Waals surface area contributed by atoms with E-state index in [1.54, 1.807) is 0 Å². The zero-order valence-electron chi connectivity index (χ0n) is 11.4. The number of rotatable bonds is 2. The number of H-pyrrole nitrogens is 1. The van der Waals surface area contributed by atoms with Gasteiger partial charge in [-0.2, -0.15) is 5.26 Å². The van der Waals surface area contributed by atoms with Crippen molar-refractivity contribution >= 4 is 10.9 Å². The van der Waals surface area contributed by atoms with E-state index in [4.69, 9.17) is 9.47 Å². The number of aryl methyl sites for hydroxylation is 1. The molecule has 0 amide bonds. The van der Waals surface area contributed by atoms with Gasteiger partial charge < -0.3 is 14.5 Å². The number of hydrogen-bond acceptors (Lipinski definition) is 3. The quantitative estimate of drug-likeness (QED) is 0.909. The van der Waals surface area contributed by atoms with Crippen LogP contribution in [0.15, 0.2) is 24.3 Å². The van der Waals surface area contributed by atoms with Gasteiger partial charge in [-0.1, -0.05) is 18.2 Å². The first-order valence-corrected chi connectivity index (χ1v) is 6.87. The molecule has 1 aromatic carbocycles. The number of fused-ring (bicyclic) bond motifs is 1. The van der Waals surface area contributed by atoms with Crippen molar-refractivity contribution in [3.05, 3.63) is 35.5 Å². The Morgan fingerprint density at radius 1 is 1.15 bits per heavy atom. The molecule has 4 heteroatoms. The summed E-state index contributed by atoms with van der Waals surface area (Å²) < 4.78 is 10.9. The van der Waals surface area contributed by atoms with E-state index >= 15 is 0 Å². The molecule has 2 aliphatic rings. The Bertz CT molecular complexity index is 718. The van der Waals surface area contributed by atoms with Crippen molar-refractivity contribution < 1.29 is 9.47 Å². The van der Waals surface area contributed by atoms with E-state index in [0.717, 1.165) is 11.2 Å². The summed E-state index contributed by atoms with van der Waals surface area (Å²) in [5.41, 5.74) is 2.82. The highest BCUT2D eigenvalue weighted by Gasteiger charge is 2.63. The van der Waals surface area contributed by atoms with Gasteiger partial charge in [-0.25, -0.2) is 0 Å². The molecule has 1 aromatic heterocycles. The second-order valence-corrected chi connectivity index (χ2v) is 5.93. The number of hydrogen-bond donors (Lipinski definition) is 1. The summed E-state index contributed by atoms with van der Waals surface area (Å²) in [5, 5.41) is 10.9. The Balaban J connectivity index is 1.97. The molecule has 0 radical (unpaired) electrons. The summed E-state index contributed by atoms with van der Waals surface area (Å²) in [6.45, 7) is 4.30. The predicted octanol–water partition coefficient (Wildman–Crippen LogP) is 2.28. The molecule has 1 N–H and O–H groups in total. The maximum atomic E-state index is 9.70. The average molecular weight is 268 g/mol. The molecular weight excluding hydrogens is 252 g/mol. The molecule has 4 rings (SSSR count). The molecule has 0 bridgehead atoms.